The van der Waals surface area contributed by atoms with Crippen LogP contribution in [-0.2, 0) is 21.3 Å². The Bertz CT molecular complexity index is 1100. The van der Waals surface area contributed by atoms with E-state index in [1.54, 1.807) is 11.3 Å². The maximum Gasteiger partial charge on any atom is 0.337 e. The Morgan fingerprint density at radius 3 is 2.66 bits per heavy atom. The number of nitrogens with one attached hydrogen (secondary N) is 1. The third-order valence-corrected chi connectivity index (χ3v) is 7.15. The zero-order valence-electron chi connectivity index (χ0n) is 15.9. The average Bonchev–Trinajstić information content (AvgIpc) is 3.25. The molecule has 0 unspecified atom stereocenters. The number of ether oxygens (including phenoxy) is 1. The number of rotatable bonds is 8. The molecule has 1 aromatic carbocycles. The van der Waals surface area contributed by atoms with Crippen molar-refractivity contribution in [3.8, 4) is 10.6 Å². The van der Waals surface area contributed by atoms with Gasteiger partial charge in [0, 0.05) is 18.2 Å². The van der Waals surface area contributed by atoms with Gasteiger partial charge in [-0.25, -0.2) is 17.9 Å². The summed E-state index contributed by atoms with van der Waals surface area (Å²) < 4.78 is 34.2. The average molecular weight is 432 g/mol. The van der Waals surface area contributed by atoms with Crippen LogP contribution in [0.5, 0.6) is 0 Å². The minimum Gasteiger partial charge on any atom is -0.465 e. The first-order valence-corrected chi connectivity index (χ1v) is 11.6. The number of esters is 1. The monoisotopic (exact) mass is 431 g/mol. The third kappa shape index (κ3) is 4.42. The van der Waals surface area contributed by atoms with E-state index in [1.807, 2.05) is 22.2 Å². The van der Waals surface area contributed by atoms with Gasteiger partial charge in [-0.3, -0.25) is 4.68 Å². The molecule has 0 spiro atoms. The van der Waals surface area contributed by atoms with Crippen LogP contribution in [0.1, 0.15) is 34.8 Å². The lowest BCUT2D eigenvalue weighted by atomic mass is 10.2. The summed E-state index contributed by atoms with van der Waals surface area (Å²) in [6.07, 6.45) is 2.29. The number of thiophene rings is 1. The third-order valence-electron chi connectivity index (χ3n) is 4.78. The van der Waals surface area contributed by atoms with Crippen molar-refractivity contribution in [3.63, 3.8) is 0 Å². The predicted molar refractivity (Wildman–Crippen MR) is 110 cm³/mol. The first kappa shape index (κ1) is 19.8. The van der Waals surface area contributed by atoms with Crippen molar-refractivity contribution < 1.29 is 17.9 Å². The molecule has 0 saturated heterocycles. The van der Waals surface area contributed by atoms with Crippen LogP contribution < -0.4 is 4.72 Å². The number of hydrogen-bond donors (Lipinski definition) is 1. The van der Waals surface area contributed by atoms with Gasteiger partial charge < -0.3 is 4.74 Å². The fourth-order valence-corrected chi connectivity index (χ4v) is 4.82. The van der Waals surface area contributed by atoms with Crippen LogP contribution in [0.4, 0.5) is 0 Å². The molecule has 2 aromatic heterocycles. The fourth-order valence-electron chi connectivity index (χ4n) is 3.12. The number of carbonyl (C=O) groups is 1. The van der Waals surface area contributed by atoms with Crippen molar-refractivity contribution in [2.75, 3.05) is 13.7 Å². The molecular formula is C20H21N3O4S2. The van der Waals surface area contributed by atoms with Gasteiger partial charge in [-0.1, -0.05) is 6.07 Å². The lowest BCUT2D eigenvalue weighted by Gasteiger charge is -2.09. The lowest BCUT2D eigenvalue weighted by Crippen LogP contribution is -2.28. The molecule has 0 aliphatic heterocycles. The van der Waals surface area contributed by atoms with Crippen LogP contribution in [0.25, 0.3) is 10.6 Å². The van der Waals surface area contributed by atoms with Gasteiger partial charge in [-0.05, 0) is 54.6 Å². The van der Waals surface area contributed by atoms with Crippen molar-refractivity contribution in [2.24, 2.45) is 0 Å². The molecule has 0 bridgehead atoms. The van der Waals surface area contributed by atoms with E-state index >= 15 is 0 Å². The molecule has 152 valence electrons. The topological polar surface area (TPSA) is 90.3 Å². The van der Waals surface area contributed by atoms with Gasteiger partial charge in [0.25, 0.3) is 0 Å². The maximum atomic E-state index is 12.5. The summed E-state index contributed by atoms with van der Waals surface area (Å²) >= 11 is 1.64. The normalized spacial score (nSPS) is 14.1. The fraction of sp³-hybridized carbons (Fsp3) is 0.300. The van der Waals surface area contributed by atoms with Gasteiger partial charge in [-0.15, -0.1) is 11.3 Å². The van der Waals surface area contributed by atoms with E-state index in [0.717, 1.165) is 29.1 Å². The van der Waals surface area contributed by atoms with Crippen LogP contribution >= 0.6 is 11.3 Å². The summed E-state index contributed by atoms with van der Waals surface area (Å²) in [5.74, 6) is 0.00780. The second kappa shape index (κ2) is 8.10. The number of hydrogen-bond acceptors (Lipinski definition) is 6. The summed E-state index contributed by atoms with van der Waals surface area (Å²) in [7, 11) is -2.39. The molecule has 3 aromatic rings. The van der Waals surface area contributed by atoms with Crippen LogP contribution in [0.3, 0.4) is 0 Å². The minimum atomic E-state index is -3.67. The van der Waals surface area contributed by atoms with Crippen molar-refractivity contribution in [2.45, 2.75) is 30.2 Å². The molecule has 7 nitrogen and oxygen atoms in total. The molecule has 4 rings (SSSR count). The Hall–Kier alpha value is -2.49. The number of aromatic nitrogens is 2. The highest BCUT2D eigenvalue weighted by atomic mass is 32.2. The first-order chi connectivity index (χ1) is 14.0. The first-order valence-electron chi connectivity index (χ1n) is 9.27. The van der Waals surface area contributed by atoms with E-state index in [-0.39, 0.29) is 11.4 Å². The molecule has 0 atom stereocenters. The van der Waals surface area contributed by atoms with Gasteiger partial charge in [0.1, 0.15) is 5.69 Å². The molecular weight excluding hydrogens is 410 g/mol. The molecule has 0 amide bonds. The van der Waals surface area contributed by atoms with E-state index in [0.29, 0.717) is 18.0 Å². The molecule has 1 aliphatic carbocycles. The maximum absolute atomic E-state index is 12.5. The quantitative estimate of drug-likeness (QED) is 0.553. The van der Waals surface area contributed by atoms with E-state index in [1.165, 1.54) is 31.4 Å². The van der Waals surface area contributed by atoms with Crippen molar-refractivity contribution in [1.29, 1.82) is 0 Å². The summed E-state index contributed by atoms with van der Waals surface area (Å²) in [5, 5.41) is 6.71. The highest BCUT2D eigenvalue weighted by Gasteiger charge is 2.28. The van der Waals surface area contributed by atoms with Crippen molar-refractivity contribution >= 4 is 27.3 Å². The molecule has 29 heavy (non-hydrogen) atoms. The summed E-state index contributed by atoms with van der Waals surface area (Å²) in [6, 6.07) is 11.8. The summed E-state index contributed by atoms with van der Waals surface area (Å²) in [6.45, 7) is 0.684. The van der Waals surface area contributed by atoms with E-state index in [4.69, 9.17) is 0 Å². The predicted octanol–water partition coefficient (Wildman–Crippen LogP) is 3.25. The standard InChI is InChI=1S/C20H21N3O4S2/c1-27-20(24)15-6-8-16(9-7-15)29(25,26)21-10-11-23-18(14-4-5-14)13-17(22-23)19-3-2-12-28-19/h2-3,6-9,12-14,21H,4-5,10-11H2,1H3. The lowest BCUT2D eigenvalue weighted by molar-refractivity contribution is 0.0600. The highest BCUT2D eigenvalue weighted by Crippen LogP contribution is 2.41. The van der Waals surface area contributed by atoms with Crippen LogP contribution in [0, 0.1) is 0 Å². The zero-order chi connectivity index (χ0) is 20.4. The van der Waals surface area contributed by atoms with E-state index < -0.39 is 16.0 Å². The largest absolute Gasteiger partial charge is 0.465 e. The van der Waals surface area contributed by atoms with Crippen molar-refractivity contribution in [1.82, 2.24) is 14.5 Å². The molecule has 2 heterocycles. The van der Waals surface area contributed by atoms with Gasteiger partial charge in [-0.2, -0.15) is 5.10 Å². The number of benzene rings is 1. The smallest absolute Gasteiger partial charge is 0.337 e. The number of carbonyl (C=O) groups excluding carboxylic acids is 1. The Morgan fingerprint density at radius 1 is 1.28 bits per heavy atom. The minimum absolute atomic E-state index is 0.104. The van der Waals surface area contributed by atoms with Gasteiger partial charge in [0.2, 0.25) is 10.0 Å². The molecule has 1 saturated carbocycles. The Balaban J connectivity index is 1.43. The molecule has 1 N–H and O–H groups in total. The Labute approximate surface area is 173 Å². The van der Waals surface area contributed by atoms with Crippen LogP contribution in [0.15, 0.2) is 52.7 Å². The summed E-state index contributed by atoms with van der Waals surface area (Å²) in [4.78, 5) is 12.7. The SMILES string of the molecule is COC(=O)c1ccc(S(=O)(=O)NCCn2nc(-c3cccs3)cc2C2CC2)cc1. The second-order valence-corrected chi connectivity index (χ2v) is 9.56. The molecule has 9 heteroatoms. The van der Waals surface area contributed by atoms with Gasteiger partial charge in [0.15, 0.2) is 0 Å². The molecule has 1 aliphatic rings. The molecule has 1 fully saturated rings. The summed E-state index contributed by atoms with van der Waals surface area (Å²) in [5.41, 5.74) is 2.40. The number of nitrogens with zero attached hydrogens (tertiary/aromatic N) is 2. The van der Waals surface area contributed by atoms with E-state index in [9.17, 15) is 13.2 Å². The van der Waals surface area contributed by atoms with Gasteiger partial charge >= 0.3 is 5.97 Å². The molecule has 0 radical (unpaired) electrons. The highest BCUT2D eigenvalue weighted by molar-refractivity contribution is 7.89. The number of methoxy groups -OCH3 is 1. The Kier molecular flexibility index (Phi) is 5.53. The van der Waals surface area contributed by atoms with Crippen LogP contribution in [-0.4, -0.2) is 37.8 Å². The zero-order valence-corrected chi connectivity index (χ0v) is 17.5. The van der Waals surface area contributed by atoms with Crippen molar-refractivity contribution in [3.05, 3.63) is 59.1 Å². The second-order valence-electron chi connectivity index (χ2n) is 6.84. The van der Waals surface area contributed by atoms with Crippen LogP contribution in [0.2, 0.25) is 0 Å². The Morgan fingerprint density at radius 2 is 2.03 bits per heavy atom. The van der Waals surface area contributed by atoms with E-state index in [2.05, 4.69) is 20.6 Å². The van der Waals surface area contributed by atoms with Gasteiger partial charge in [0.05, 0.1) is 29.0 Å². The number of sulfonamides is 1.